The fourth-order valence-electron chi connectivity index (χ4n) is 1.71. The zero-order valence-corrected chi connectivity index (χ0v) is 11.7. The number of aliphatic hydroxyl groups is 1. The van der Waals surface area contributed by atoms with Gasteiger partial charge in [0.1, 0.15) is 0 Å². The molecule has 0 saturated carbocycles. The summed E-state index contributed by atoms with van der Waals surface area (Å²) in [6.07, 6.45) is 0. The van der Waals surface area contributed by atoms with Crippen molar-refractivity contribution < 1.29 is 5.11 Å². The lowest BCUT2D eigenvalue weighted by Crippen LogP contribution is -2.05. The van der Waals surface area contributed by atoms with Crippen molar-refractivity contribution in [2.45, 2.75) is 27.0 Å². The van der Waals surface area contributed by atoms with E-state index in [4.69, 9.17) is 16.7 Å². The Bertz CT molecular complexity index is 587. The standard InChI is InChI=1S/C14H16ClN3O/c1-9-10(2)18-14(13(15)17-9)16-7-11-4-3-5-12(6-11)8-19/h3-6,19H,7-8H2,1-2H3,(H,16,18). The first kappa shape index (κ1) is 13.8. The van der Waals surface area contributed by atoms with E-state index in [-0.39, 0.29) is 6.61 Å². The zero-order chi connectivity index (χ0) is 13.8. The van der Waals surface area contributed by atoms with Gasteiger partial charge in [0.15, 0.2) is 11.0 Å². The summed E-state index contributed by atoms with van der Waals surface area (Å²) >= 11 is 6.05. The summed E-state index contributed by atoms with van der Waals surface area (Å²) in [5.41, 5.74) is 3.63. The number of aromatic nitrogens is 2. The molecular weight excluding hydrogens is 262 g/mol. The van der Waals surface area contributed by atoms with Gasteiger partial charge in [-0.1, -0.05) is 35.9 Å². The van der Waals surface area contributed by atoms with E-state index in [0.717, 1.165) is 22.5 Å². The normalized spacial score (nSPS) is 10.5. The maximum atomic E-state index is 9.09. The molecule has 0 aliphatic heterocycles. The molecule has 1 heterocycles. The van der Waals surface area contributed by atoms with Crippen LogP contribution in [0.15, 0.2) is 24.3 Å². The SMILES string of the molecule is Cc1nc(Cl)c(NCc2cccc(CO)c2)nc1C. The van der Waals surface area contributed by atoms with Crippen molar-refractivity contribution in [3.63, 3.8) is 0 Å². The first-order valence-corrected chi connectivity index (χ1v) is 6.41. The minimum absolute atomic E-state index is 0.0397. The van der Waals surface area contributed by atoms with Gasteiger partial charge in [-0.2, -0.15) is 0 Å². The van der Waals surface area contributed by atoms with Crippen molar-refractivity contribution in [3.8, 4) is 0 Å². The minimum Gasteiger partial charge on any atom is -0.392 e. The molecule has 2 aromatic rings. The summed E-state index contributed by atoms with van der Waals surface area (Å²) < 4.78 is 0. The molecule has 2 rings (SSSR count). The molecule has 0 atom stereocenters. The molecule has 2 N–H and O–H groups in total. The van der Waals surface area contributed by atoms with Crippen molar-refractivity contribution in [1.82, 2.24) is 9.97 Å². The second kappa shape index (κ2) is 5.99. The fraction of sp³-hybridized carbons (Fsp3) is 0.286. The summed E-state index contributed by atoms with van der Waals surface area (Å²) in [7, 11) is 0. The first-order chi connectivity index (χ1) is 9.10. The van der Waals surface area contributed by atoms with Gasteiger partial charge in [0.25, 0.3) is 0 Å². The average Bonchev–Trinajstić information content (AvgIpc) is 2.41. The van der Waals surface area contributed by atoms with E-state index in [1.54, 1.807) is 0 Å². The topological polar surface area (TPSA) is 58.0 Å². The third-order valence-electron chi connectivity index (χ3n) is 2.90. The van der Waals surface area contributed by atoms with Crippen LogP contribution in [0.25, 0.3) is 0 Å². The van der Waals surface area contributed by atoms with Gasteiger partial charge in [-0.15, -0.1) is 0 Å². The second-order valence-electron chi connectivity index (χ2n) is 4.37. The molecule has 100 valence electrons. The highest BCUT2D eigenvalue weighted by Crippen LogP contribution is 2.19. The number of rotatable bonds is 4. The van der Waals surface area contributed by atoms with Crippen LogP contribution in [0, 0.1) is 13.8 Å². The Balaban J connectivity index is 2.12. The van der Waals surface area contributed by atoms with Gasteiger partial charge in [-0.3, -0.25) is 0 Å². The highest BCUT2D eigenvalue weighted by Gasteiger charge is 2.06. The van der Waals surface area contributed by atoms with Crippen LogP contribution in [0.5, 0.6) is 0 Å². The predicted octanol–water partition coefficient (Wildman–Crippen LogP) is 2.85. The van der Waals surface area contributed by atoms with Gasteiger partial charge < -0.3 is 10.4 Å². The Morgan fingerprint density at radius 1 is 1.16 bits per heavy atom. The van der Waals surface area contributed by atoms with Gasteiger partial charge in [0.05, 0.1) is 18.0 Å². The Morgan fingerprint density at radius 3 is 2.58 bits per heavy atom. The van der Waals surface area contributed by atoms with Gasteiger partial charge in [-0.25, -0.2) is 9.97 Å². The van der Waals surface area contributed by atoms with Crippen LogP contribution in [0.4, 0.5) is 5.82 Å². The molecule has 0 unspecified atom stereocenters. The van der Waals surface area contributed by atoms with Crippen molar-refractivity contribution in [1.29, 1.82) is 0 Å². The van der Waals surface area contributed by atoms with Crippen LogP contribution in [0.1, 0.15) is 22.5 Å². The van der Waals surface area contributed by atoms with Crippen LogP contribution in [0.3, 0.4) is 0 Å². The molecule has 5 heteroatoms. The maximum Gasteiger partial charge on any atom is 0.171 e. The van der Waals surface area contributed by atoms with Crippen LogP contribution in [-0.4, -0.2) is 15.1 Å². The number of aliphatic hydroxyl groups excluding tert-OH is 1. The van der Waals surface area contributed by atoms with Crippen molar-refractivity contribution in [2.75, 3.05) is 5.32 Å². The molecule has 0 amide bonds. The molecule has 19 heavy (non-hydrogen) atoms. The zero-order valence-electron chi connectivity index (χ0n) is 10.9. The highest BCUT2D eigenvalue weighted by molar-refractivity contribution is 6.31. The molecular formula is C14H16ClN3O. The van der Waals surface area contributed by atoms with Crippen molar-refractivity contribution in [3.05, 3.63) is 51.9 Å². The fourth-order valence-corrected chi connectivity index (χ4v) is 1.95. The molecule has 4 nitrogen and oxygen atoms in total. The smallest absolute Gasteiger partial charge is 0.171 e. The van der Waals surface area contributed by atoms with Gasteiger partial charge in [-0.05, 0) is 25.0 Å². The molecule has 0 fully saturated rings. The molecule has 1 aromatic heterocycles. The summed E-state index contributed by atoms with van der Waals surface area (Å²) in [6.45, 7) is 4.40. The molecule has 1 aromatic carbocycles. The summed E-state index contributed by atoms with van der Waals surface area (Å²) in [4.78, 5) is 8.59. The van der Waals surface area contributed by atoms with E-state index in [2.05, 4.69) is 15.3 Å². The van der Waals surface area contributed by atoms with Crippen molar-refractivity contribution >= 4 is 17.4 Å². The molecule has 0 bridgehead atoms. The quantitative estimate of drug-likeness (QED) is 0.902. The Kier molecular flexibility index (Phi) is 4.35. The summed E-state index contributed by atoms with van der Waals surface area (Å²) in [5, 5.41) is 12.6. The van der Waals surface area contributed by atoms with E-state index < -0.39 is 0 Å². The van der Waals surface area contributed by atoms with E-state index in [1.165, 1.54) is 0 Å². The van der Waals surface area contributed by atoms with Gasteiger partial charge in [0.2, 0.25) is 0 Å². The molecule has 0 aliphatic carbocycles. The third-order valence-corrected chi connectivity index (χ3v) is 3.16. The molecule has 0 aliphatic rings. The maximum absolute atomic E-state index is 9.09. The second-order valence-corrected chi connectivity index (χ2v) is 4.72. The number of anilines is 1. The highest BCUT2D eigenvalue weighted by atomic mass is 35.5. The van der Waals surface area contributed by atoms with E-state index in [1.807, 2.05) is 38.1 Å². The lowest BCUT2D eigenvalue weighted by molar-refractivity contribution is 0.281. The minimum atomic E-state index is 0.0397. The van der Waals surface area contributed by atoms with Crippen molar-refractivity contribution in [2.24, 2.45) is 0 Å². The Morgan fingerprint density at radius 2 is 1.84 bits per heavy atom. The van der Waals surface area contributed by atoms with Gasteiger partial charge in [0, 0.05) is 6.54 Å². The number of nitrogens with one attached hydrogen (secondary N) is 1. The molecule has 0 radical (unpaired) electrons. The van der Waals surface area contributed by atoms with Crippen LogP contribution < -0.4 is 5.32 Å². The largest absolute Gasteiger partial charge is 0.392 e. The van der Waals surface area contributed by atoms with E-state index >= 15 is 0 Å². The molecule has 0 spiro atoms. The van der Waals surface area contributed by atoms with E-state index in [0.29, 0.717) is 17.5 Å². The van der Waals surface area contributed by atoms with Crippen LogP contribution in [0.2, 0.25) is 5.15 Å². The number of hydrogen-bond donors (Lipinski definition) is 2. The molecule has 0 saturated heterocycles. The number of aryl methyl sites for hydroxylation is 2. The van der Waals surface area contributed by atoms with Crippen LogP contribution in [-0.2, 0) is 13.2 Å². The van der Waals surface area contributed by atoms with E-state index in [9.17, 15) is 0 Å². The number of halogens is 1. The monoisotopic (exact) mass is 277 g/mol. The third kappa shape index (κ3) is 3.43. The lowest BCUT2D eigenvalue weighted by Gasteiger charge is -2.10. The lowest BCUT2D eigenvalue weighted by atomic mass is 10.1. The number of hydrogen-bond acceptors (Lipinski definition) is 4. The average molecular weight is 278 g/mol. The summed E-state index contributed by atoms with van der Waals surface area (Å²) in [6, 6.07) is 7.71. The summed E-state index contributed by atoms with van der Waals surface area (Å²) in [5.74, 6) is 0.583. The first-order valence-electron chi connectivity index (χ1n) is 6.03. The van der Waals surface area contributed by atoms with Gasteiger partial charge >= 0.3 is 0 Å². The number of benzene rings is 1. The Hall–Kier alpha value is -1.65. The number of nitrogens with zero attached hydrogens (tertiary/aromatic N) is 2. The Labute approximate surface area is 117 Å². The van der Waals surface area contributed by atoms with Crippen LogP contribution >= 0.6 is 11.6 Å². The predicted molar refractivity (Wildman–Crippen MR) is 76.2 cm³/mol.